The van der Waals surface area contributed by atoms with Crippen molar-refractivity contribution in [2.45, 2.75) is 25.9 Å². The van der Waals surface area contributed by atoms with Crippen LogP contribution in [0.15, 0.2) is 83.5 Å². The quantitative estimate of drug-likeness (QED) is 0.620. The lowest BCUT2D eigenvalue weighted by Crippen LogP contribution is -2.29. The molecule has 1 aliphatic heterocycles. The first-order valence-corrected chi connectivity index (χ1v) is 9.11. The zero-order chi connectivity index (χ0) is 21.0. The van der Waals surface area contributed by atoms with E-state index >= 15 is 0 Å². The largest absolute Gasteiger partial charge is 0.457 e. The number of nitrogens with two attached hydrogens (primary N) is 1. The molecule has 0 spiro atoms. The van der Waals surface area contributed by atoms with Crippen molar-refractivity contribution >= 4 is 11.8 Å². The minimum absolute atomic E-state index is 0.0267. The topological polar surface area (TPSA) is 102 Å². The summed E-state index contributed by atoms with van der Waals surface area (Å²) in [4.78, 5) is 26.2. The smallest absolute Gasteiger partial charge is 0.375 e. The summed E-state index contributed by atoms with van der Waals surface area (Å²) in [5, 5.41) is 9.72. The van der Waals surface area contributed by atoms with Crippen molar-refractivity contribution in [3.63, 3.8) is 0 Å². The summed E-state index contributed by atoms with van der Waals surface area (Å²) in [7, 11) is 0. The number of hydrogen-bond donors (Lipinski definition) is 1. The molecule has 0 aliphatic carbocycles. The molecule has 3 rings (SSSR count). The second-order valence-electron chi connectivity index (χ2n) is 6.73. The zero-order valence-electron chi connectivity index (χ0n) is 16.1. The summed E-state index contributed by atoms with van der Waals surface area (Å²) in [6, 6.07) is 19.4. The van der Waals surface area contributed by atoms with Crippen molar-refractivity contribution < 1.29 is 19.1 Å². The maximum absolute atomic E-state index is 13.4. The van der Waals surface area contributed by atoms with E-state index in [1.807, 2.05) is 12.1 Å². The second kappa shape index (κ2) is 8.44. The lowest BCUT2D eigenvalue weighted by Gasteiger charge is -2.28. The van der Waals surface area contributed by atoms with Gasteiger partial charge >= 0.3 is 5.97 Å². The molecule has 0 unspecified atom stereocenters. The fraction of sp³-hybridized carbons (Fsp3) is 0.174. The van der Waals surface area contributed by atoms with Crippen molar-refractivity contribution in [2.75, 3.05) is 0 Å². The highest BCUT2D eigenvalue weighted by Crippen LogP contribution is 2.40. The van der Waals surface area contributed by atoms with Crippen molar-refractivity contribution in [3.05, 3.63) is 94.6 Å². The molecular formula is C23H20N2O4. The molecule has 29 heavy (non-hydrogen) atoms. The van der Waals surface area contributed by atoms with E-state index in [-0.39, 0.29) is 22.8 Å². The summed E-state index contributed by atoms with van der Waals surface area (Å²) in [5.74, 6) is -2.60. The number of rotatable bonds is 5. The lowest BCUT2D eigenvalue weighted by molar-refractivity contribution is -0.146. The minimum atomic E-state index is -0.850. The zero-order valence-corrected chi connectivity index (χ0v) is 16.1. The normalized spacial score (nSPS) is 16.3. The van der Waals surface area contributed by atoms with E-state index in [1.165, 1.54) is 0 Å². The molecule has 2 aromatic rings. The highest BCUT2D eigenvalue weighted by Gasteiger charge is 2.40. The van der Waals surface area contributed by atoms with Crippen LogP contribution in [-0.4, -0.2) is 17.9 Å². The van der Waals surface area contributed by atoms with Gasteiger partial charge in [-0.1, -0.05) is 60.7 Å². The highest BCUT2D eigenvalue weighted by atomic mass is 16.6. The number of esters is 1. The van der Waals surface area contributed by atoms with Crippen LogP contribution in [0, 0.1) is 11.3 Å². The summed E-state index contributed by atoms with van der Waals surface area (Å²) < 4.78 is 10.8. The SMILES string of the molecule is CC(C)OC(=O)C1=C(C(=O)c2ccccc2)[C@@H](c2ccccc2)C(C#N)=C(N)O1. The third-order valence-electron chi connectivity index (χ3n) is 4.36. The van der Waals surface area contributed by atoms with Gasteiger partial charge in [-0.3, -0.25) is 4.79 Å². The molecule has 0 saturated heterocycles. The van der Waals surface area contributed by atoms with Gasteiger partial charge in [0, 0.05) is 5.56 Å². The third-order valence-corrected chi connectivity index (χ3v) is 4.36. The van der Waals surface area contributed by atoms with E-state index in [0.29, 0.717) is 11.1 Å². The van der Waals surface area contributed by atoms with Crippen LogP contribution in [-0.2, 0) is 14.3 Å². The van der Waals surface area contributed by atoms with Crippen LogP contribution in [0.1, 0.15) is 35.7 Å². The van der Waals surface area contributed by atoms with Gasteiger partial charge in [0.25, 0.3) is 0 Å². The molecule has 1 heterocycles. The Morgan fingerprint density at radius 2 is 1.66 bits per heavy atom. The standard InChI is InChI=1S/C23H20N2O4/c1-14(2)28-23(27)21-19(20(26)16-11-7-4-8-12-16)18(15-9-5-3-6-10-15)17(13-24)22(25)29-21/h3-12,14,18H,25H2,1-2H3/t18-/m0/s1. The van der Waals surface area contributed by atoms with E-state index in [9.17, 15) is 14.9 Å². The molecule has 0 amide bonds. The number of nitrogens with zero attached hydrogens (tertiary/aromatic N) is 1. The average Bonchev–Trinajstić information content (AvgIpc) is 2.73. The second-order valence-corrected chi connectivity index (χ2v) is 6.73. The first kappa shape index (κ1) is 19.9. The van der Waals surface area contributed by atoms with Gasteiger partial charge in [-0.25, -0.2) is 4.79 Å². The van der Waals surface area contributed by atoms with Crippen LogP contribution in [0.2, 0.25) is 0 Å². The molecule has 0 aromatic heterocycles. The number of hydrogen-bond acceptors (Lipinski definition) is 6. The molecule has 1 atom stereocenters. The van der Waals surface area contributed by atoms with Crippen LogP contribution >= 0.6 is 0 Å². The minimum Gasteiger partial charge on any atom is -0.457 e. The van der Waals surface area contributed by atoms with Crippen LogP contribution in [0.3, 0.4) is 0 Å². The van der Waals surface area contributed by atoms with Gasteiger partial charge in [-0.2, -0.15) is 5.26 Å². The summed E-state index contributed by atoms with van der Waals surface area (Å²) in [5.41, 5.74) is 7.06. The Morgan fingerprint density at radius 3 is 2.21 bits per heavy atom. The van der Waals surface area contributed by atoms with Crippen molar-refractivity contribution in [2.24, 2.45) is 5.73 Å². The lowest BCUT2D eigenvalue weighted by atomic mass is 9.79. The number of ketones is 1. The Kier molecular flexibility index (Phi) is 5.79. The van der Waals surface area contributed by atoms with Crippen molar-refractivity contribution in [1.82, 2.24) is 0 Å². The molecule has 0 radical (unpaired) electrons. The average molecular weight is 388 g/mol. The Hall–Kier alpha value is -3.85. The molecular weight excluding hydrogens is 368 g/mol. The number of Topliss-reactive ketones (excluding diaryl/α,β-unsaturated/α-hetero) is 1. The van der Waals surface area contributed by atoms with Crippen molar-refractivity contribution in [1.29, 1.82) is 5.26 Å². The molecule has 0 saturated carbocycles. The molecule has 2 N–H and O–H groups in total. The van der Waals surface area contributed by atoms with E-state index in [2.05, 4.69) is 0 Å². The number of ether oxygens (including phenoxy) is 2. The molecule has 6 nitrogen and oxygen atoms in total. The molecule has 6 heteroatoms. The Balaban J connectivity index is 2.25. The van der Waals surface area contributed by atoms with Crippen LogP contribution in [0.4, 0.5) is 0 Å². The molecule has 146 valence electrons. The first-order chi connectivity index (χ1) is 13.9. The van der Waals surface area contributed by atoms with Gasteiger partial charge in [0.15, 0.2) is 5.78 Å². The van der Waals surface area contributed by atoms with Gasteiger partial charge in [-0.05, 0) is 19.4 Å². The highest BCUT2D eigenvalue weighted by molar-refractivity contribution is 6.14. The van der Waals surface area contributed by atoms with Gasteiger partial charge in [0.05, 0.1) is 17.6 Å². The van der Waals surface area contributed by atoms with Crippen LogP contribution in [0.5, 0.6) is 0 Å². The molecule has 0 bridgehead atoms. The van der Waals surface area contributed by atoms with E-state index in [4.69, 9.17) is 15.2 Å². The van der Waals surface area contributed by atoms with Gasteiger partial charge < -0.3 is 15.2 Å². The predicted octanol–water partition coefficient (Wildman–Crippen LogP) is 3.58. The summed E-state index contributed by atoms with van der Waals surface area (Å²) >= 11 is 0. The number of allylic oxidation sites excluding steroid dienone is 2. The number of carbonyl (C=O) groups excluding carboxylic acids is 2. The molecule has 2 aromatic carbocycles. The third kappa shape index (κ3) is 4.04. The fourth-order valence-corrected chi connectivity index (χ4v) is 3.13. The first-order valence-electron chi connectivity index (χ1n) is 9.11. The molecule has 0 fully saturated rings. The number of carbonyl (C=O) groups is 2. The Labute approximate surface area is 168 Å². The summed E-state index contributed by atoms with van der Waals surface area (Å²) in [6.07, 6.45) is -0.426. The predicted molar refractivity (Wildman–Crippen MR) is 106 cm³/mol. The van der Waals surface area contributed by atoms with Crippen LogP contribution < -0.4 is 5.73 Å². The monoisotopic (exact) mass is 388 g/mol. The van der Waals surface area contributed by atoms with Gasteiger partial charge in [0.1, 0.15) is 11.6 Å². The molecule has 1 aliphatic rings. The van der Waals surface area contributed by atoms with Crippen LogP contribution in [0.25, 0.3) is 0 Å². The number of benzene rings is 2. The maximum atomic E-state index is 13.4. The Morgan fingerprint density at radius 1 is 1.07 bits per heavy atom. The van der Waals surface area contributed by atoms with Gasteiger partial charge in [0.2, 0.25) is 11.6 Å². The van der Waals surface area contributed by atoms with E-state index in [1.54, 1.807) is 68.4 Å². The van der Waals surface area contributed by atoms with Crippen molar-refractivity contribution in [3.8, 4) is 6.07 Å². The van der Waals surface area contributed by atoms with Gasteiger partial charge in [-0.15, -0.1) is 0 Å². The maximum Gasteiger partial charge on any atom is 0.375 e. The summed E-state index contributed by atoms with van der Waals surface area (Å²) in [6.45, 7) is 3.38. The Bertz CT molecular complexity index is 1030. The van der Waals surface area contributed by atoms with E-state index in [0.717, 1.165) is 0 Å². The van der Waals surface area contributed by atoms with E-state index < -0.39 is 23.8 Å². The fourth-order valence-electron chi connectivity index (χ4n) is 3.13. The number of nitriles is 1.